The molecule has 110 valence electrons. The van der Waals surface area contributed by atoms with E-state index in [4.69, 9.17) is 4.74 Å². The van der Waals surface area contributed by atoms with E-state index in [2.05, 4.69) is 24.4 Å². The molecule has 0 unspecified atom stereocenters. The summed E-state index contributed by atoms with van der Waals surface area (Å²) in [4.78, 5) is 0. The zero-order valence-electron chi connectivity index (χ0n) is 12.3. The van der Waals surface area contributed by atoms with Crippen molar-refractivity contribution in [3.05, 3.63) is 29.8 Å². The molecule has 0 fully saturated rings. The number of unbranched alkanes of at least 4 members (excludes halogenated alkanes) is 4. The van der Waals surface area contributed by atoms with E-state index in [1.807, 2.05) is 19.1 Å². The summed E-state index contributed by atoms with van der Waals surface area (Å²) >= 11 is 0. The zero-order chi connectivity index (χ0) is 13.1. The van der Waals surface area contributed by atoms with Crippen LogP contribution >= 0.6 is 12.4 Å². The Hall–Kier alpha value is -0.730. The molecular formula is C16H28ClNO. The van der Waals surface area contributed by atoms with E-state index in [-0.39, 0.29) is 12.4 Å². The fraction of sp³-hybridized carbons (Fsp3) is 0.625. The predicted molar refractivity (Wildman–Crippen MR) is 85.3 cm³/mol. The second-order valence-corrected chi connectivity index (χ2v) is 4.67. The molecule has 0 aliphatic carbocycles. The third-order valence-corrected chi connectivity index (χ3v) is 3.02. The lowest BCUT2D eigenvalue weighted by Gasteiger charge is -2.06. The maximum Gasteiger partial charge on any atom is 0.119 e. The number of hydrogen-bond donors (Lipinski definition) is 1. The van der Waals surface area contributed by atoms with E-state index in [9.17, 15) is 0 Å². The number of rotatable bonds is 10. The molecule has 0 atom stereocenters. The van der Waals surface area contributed by atoms with E-state index < -0.39 is 0 Å². The Morgan fingerprint density at radius 1 is 0.947 bits per heavy atom. The summed E-state index contributed by atoms with van der Waals surface area (Å²) in [7, 11) is 0. The summed E-state index contributed by atoms with van der Waals surface area (Å²) in [5.41, 5.74) is 1.33. The molecule has 2 nitrogen and oxygen atoms in total. The highest BCUT2D eigenvalue weighted by Gasteiger charge is 1.95. The smallest absolute Gasteiger partial charge is 0.119 e. The van der Waals surface area contributed by atoms with Crippen molar-refractivity contribution in [2.24, 2.45) is 0 Å². The molecule has 0 saturated carbocycles. The lowest BCUT2D eigenvalue weighted by atomic mass is 10.1. The minimum atomic E-state index is 0. The molecule has 0 spiro atoms. The van der Waals surface area contributed by atoms with Gasteiger partial charge in [0.25, 0.3) is 0 Å². The first-order valence-electron chi connectivity index (χ1n) is 7.29. The van der Waals surface area contributed by atoms with Crippen LogP contribution in [0.5, 0.6) is 5.75 Å². The Kier molecular flexibility index (Phi) is 11.8. The minimum absolute atomic E-state index is 0. The van der Waals surface area contributed by atoms with Crippen molar-refractivity contribution in [1.29, 1.82) is 0 Å². The molecule has 0 saturated heterocycles. The Bertz CT molecular complexity index is 300. The van der Waals surface area contributed by atoms with Gasteiger partial charge in [0.2, 0.25) is 0 Å². The van der Waals surface area contributed by atoms with Gasteiger partial charge in [-0.1, -0.05) is 44.7 Å². The molecule has 1 rings (SSSR count). The van der Waals surface area contributed by atoms with Crippen LogP contribution in [0.25, 0.3) is 0 Å². The normalized spacial score (nSPS) is 10.0. The molecule has 0 aliphatic rings. The van der Waals surface area contributed by atoms with Gasteiger partial charge in [-0.05, 0) is 37.6 Å². The number of nitrogens with one attached hydrogen (secondary N) is 1. The van der Waals surface area contributed by atoms with Gasteiger partial charge in [-0.15, -0.1) is 12.4 Å². The Morgan fingerprint density at radius 2 is 1.63 bits per heavy atom. The number of hydrogen-bond acceptors (Lipinski definition) is 2. The highest BCUT2D eigenvalue weighted by molar-refractivity contribution is 5.85. The molecule has 3 heteroatoms. The fourth-order valence-electron chi connectivity index (χ4n) is 1.96. The van der Waals surface area contributed by atoms with Crippen LogP contribution in [-0.4, -0.2) is 13.2 Å². The van der Waals surface area contributed by atoms with Gasteiger partial charge in [-0.2, -0.15) is 0 Å². The largest absolute Gasteiger partial charge is 0.494 e. The minimum Gasteiger partial charge on any atom is -0.494 e. The van der Waals surface area contributed by atoms with Crippen LogP contribution < -0.4 is 10.1 Å². The van der Waals surface area contributed by atoms with Crippen LogP contribution in [0, 0.1) is 0 Å². The van der Waals surface area contributed by atoms with Gasteiger partial charge in [-0.3, -0.25) is 0 Å². The summed E-state index contributed by atoms with van der Waals surface area (Å²) in [5, 5.41) is 3.49. The second kappa shape index (κ2) is 12.3. The Labute approximate surface area is 124 Å². The third kappa shape index (κ3) is 8.90. The third-order valence-electron chi connectivity index (χ3n) is 3.02. The van der Waals surface area contributed by atoms with Crippen LogP contribution in [0.1, 0.15) is 51.5 Å². The molecular weight excluding hydrogens is 258 g/mol. The van der Waals surface area contributed by atoms with Gasteiger partial charge in [0.15, 0.2) is 0 Å². The topological polar surface area (TPSA) is 21.3 Å². The van der Waals surface area contributed by atoms with Crippen molar-refractivity contribution in [3.8, 4) is 5.75 Å². The quantitative estimate of drug-likeness (QED) is 0.636. The van der Waals surface area contributed by atoms with Crippen LogP contribution in [0.15, 0.2) is 24.3 Å². The van der Waals surface area contributed by atoms with Crippen molar-refractivity contribution >= 4 is 12.4 Å². The van der Waals surface area contributed by atoms with E-state index >= 15 is 0 Å². The first-order chi connectivity index (χ1) is 8.86. The Morgan fingerprint density at radius 3 is 2.26 bits per heavy atom. The molecule has 0 aliphatic heterocycles. The standard InChI is InChI=1S/C16H27NO.ClH/c1-3-5-6-7-8-13-17-14-15-9-11-16(12-10-15)18-4-2;/h9-12,17H,3-8,13-14H2,1-2H3;1H. The van der Waals surface area contributed by atoms with E-state index in [0.717, 1.165) is 25.4 Å². The van der Waals surface area contributed by atoms with Crippen molar-refractivity contribution < 1.29 is 4.74 Å². The van der Waals surface area contributed by atoms with E-state index in [0.29, 0.717) is 0 Å². The van der Waals surface area contributed by atoms with Crippen LogP contribution in [-0.2, 0) is 6.54 Å². The summed E-state index contributed by atoms with van der Waals surface area (Å²) in [5.74, 6) is 0.959. The molecule has 0 radical (unpaired) electrons. The fourth-order valence-corrected chi connectivity index (χ4v) is 1.96. The van der Waals surface area contributed by atoms with Gasteiger partial charge in [0.1, 0.15) is 5.75 Å². The molecule has 0 amide bonds. The van der Waals surface area contributed by atoms with Gasteiger partial charge in [0, 0.05) is 6.54 Å². The van der Waals surface area contributed by atoms with Crippen molar-refractivity contribution in [2.75, 3.05) is 13.2 Å². The summed E-state index contributed by atoms with van der Waals surface area (Å²) < 4.78 is 5.42. The second-order valence-electron chi connectivity index (χ2n) is 4.67. The van der Waals surface area contributed by atoms with Gasteiger partial charge >= 0.3 is 0 Å². The predicted octanol–water partition coefficient (Wildman–Crippen LogP) is 4.57. The maximum atomic E-state index is 5.42. The molecule has 1 aromatic carbocycles. The summed E-state index contributed by atoms with van der Waals surface area (Å²) in [6.45, 7) is 7.07. The van der Waals surface area contributed by atoms with Gasteiger partial charge in [0.05, 0.1) is 6.61 Å². The number of ether oxygens (including phenoxy) is 1. The van der Waals surface area contributed by atoms with Crippen molar-refractivity contribution in [1.82, 2.24) is 5.32 Å². The van der Waals surface area contributed by atoms with Crippen molar-refractivity contribution in [3.63, 3.8) is 0 Å². The van der Waals surface area contributed by atoms with Gasteiger partial charge in [-0.25, -0.2) is 0 Å². The van der Waals surface area contributed by atoms with Gasteiger partial charge < -0.3 is 10.1 Å². The highest BCUT2D eigenvalue weighted by Crippen LogP contribution is 2.11. The summed E-state index contributed by atoms with van der Waals surface area (Å²) in [6, 6.07) is 8.35. The first-order valence-corrected chi connectivity index (χ1v) is 7.29. The number of benzene rings is 1. The molecule has 19 heavy (non-hydrogen) atoms. The number of halogens is 1. The Balaban J connectivity index is 0.00000324. The van der Waals surface area contributed by atoms with Crippen LogP contribution in [0.4, 0.5) is 0 Å². The SMILES string of the molecule is CCCCCCCNCc1ccc(OCC)cc1.Cl. The van der Waals surface area contributed by atoms with Crippen LogP contribution in [0.3, 0.4) is 0 Å². The average Bonchev–Trinajstić information content (AvgIpc) is 2.40. The molecule has 1 aromatic rings. The molecule has 0 aromatic heterocycles. The average molecular weight is 286 g/mol. The molecule has 0 heterocycles. The van der Waals surface area contributed by atoms with Crippen LogP contribution in [0.2, 0.25) is 0 Å². The zero-order valence-corrected chi connectivity index (χ0v) is 13.1. The first kappa shape index (κ1) is 18.3. The molecule has 1 N–H and O–H groups in total. The maximum absolute atomic E-state index is 5.42. The van der Waals surface area contributed by atoms with E-state index in [1.54, 1.807) is 0 Å². The summed E-state index contributed by atoms with van der Waals surface area (Å²) in [6.07, 6.45) is 6.71. The lowest BCUT2D eigenvalue weighted by molar-refractivity contribution is 0.340. The van der Waals surface area contributed by atoms with Crippen molar-refractivity contribution in [2.45, 2.75) is 52.5 Å². The highest BCUT2D eigenvalue weighted by atomic mass is 35.5. The monoisotopic (exact) mass is 285 g/mol. The lowest BCUT2D eigenvalue weighted by Crippen LogP contribution is -2.14. The van der Waals surface area contributed by atoms with E-state index in [1.165, 1.54) is 37.7 Å². The molecule has 0 bridgehead atoms.